The number of nitrogens with zero attached hydrogens (tertiary/aromatic N) is 1. The van der Waals surface area contributed by atoms with Crippen molar-refractivity contribution in [3.8, 4) is 0 Å². The van der Waals surface area contributed by atoms with Crippen LogP contribution in [-0.4, -0.2) is 25.8 Å². The minimum Gasteiger partial charge on any atom is -0.207 e. The number of rotatable bonds is 4. The minimum absolute atomic E-state index is 0.0371. The quantitative estimate of drug-likeness (QED) is 0.790. The number of hydrogen-bond donors (Lipinski definition) is 0. The SMILES string of the molecule is Cc1cc(S(=O)(=O)N2CCC(C(C)C)C2)cc(CCl)c1F. The van der Waals surface area contributed by atoms with Crippen LogP contribution in [0, 0.1) is 24.6 Å². The van der Waals surface area contributed by atoms with Crippen LogP contribution in [0.1, 0.15) is 31.4 Å². The van der Waals surface area contributed by atoms with Crippen LogP contribution in [0.15, 0.2) is 17.0 Å². The Hall–Kier alpha value is -0.650. The molecule has 1 atom stereocenters. The average Bonchev–Trinajstić information content (AvgIpc) is 2.92. The van der Waals surface area contributed by atoms with Crippen molar-refractivity contribution in [3.63, 3.8) is 0 Å². The summed E-state index contributed by atoms with van der Waals surface area (Å²) in [4.78, 5) is 0.140. The summed E-state index contributed by atoms with van der Waals surface area (Å²) in [7, 11) is -3.57. The zero-order chi connectivity index (χ0) is 15.8. The molecule has 1 saturated heterocycles. The van der Waals surface area contributed by atoms with Crippen LogP contribution in [0.2, 0.25) is 0 Å². The van der Waals surface area contributed by atoms with E-state index in [4.69, 9.17) is 11.6 Å². The Morgan fingerprint density at radius 2 is 2.10 bits per heavy atom. The van der Waals surface area contributed by atoms with Gasteiger partial charge in [0.25, 0.3) is 0 Å². The van der Waals surface area contributed by atoms with Crippen molar-refractivity contribution in [3.05, 3.63) is 29.1 Å². The molecule has 0 saturated carbocycles. The van der Waals surface area contributed by atoms with E-state index in [2.05, 4.69) is 13.8 Å². The second-order valence-electron chi connectivity index (χ2n) is 6.00. The van der Waals surface area contributed by atoms with E-state index in [0.717, 1.165) is 6.42 Å². The molecule has 118 valence electrons. The molecule has 1 heterocycles. The lowest BCUT2D eigenvalue weighted by atomic mass is 9.96. The van der Waals surface area contributed by atoms with Gasteiger partial charge in [0, 0.05) is 18.7 Å². The lowest BCUT2D eigenvalue weighted by Crippen LogP contribution is -2.29. The molecule has 6 heteroatoms. The summed E-state index contributed by atoms with van der Waals surface area (Å²) in [5.74, 6) is 0.378. The third-order valence-electron chi connectivity index (χ3n) is 4.22. The highest BCUT2D eigenvalue weighted by Crippen LogP contribution is 2.30. The molecule has 0 amide bonds. The second kappa shape index (κ2) is 6.23. The van der Waals surface area contributed by atoms with Gasteiger partial charge in [-0.25, -0.2) is 12.8 Å². The van der Waals surface area contributed by atoms with Gasteiger partial charge in [-0.15, -0.1) is 11.6 Å². The molecule has 2 rings (SSSR count). The van der Waals surface area contributed by atoms with Crippen LogP contribution in [0.5, 0.6) is 0 Å². The minimum atomic E-state index is -3.57. The standard InChI is InChI=1S/C15H21ClFNO2S/c1-10(2)12-4-5-18(9-12)21(19,20)14-6-11(3)15(17)13(7-14)8-16/h6-7,10,12H,4-5,8-9H2,1-3H3. The molecule has 0 N–H and O–H groups in total. The van der Waals surface area contributed by atoms with Gasteiger partial charge < -0.3 is 0 Å². The molecule has 0 aromatic heterocycles. The highest BCUT2D eigenvalue weighted by atomic mass is 35.5. The van der Waals surface area contributed by atoms with Crippen molar-refractivity contribution < 1.29 is 12.8 Å². The molecular formula is C15H21ClFNO2S. The Morgan fingerprint density at radius 3 is 2.62 bits per heavy atom. The van der Waals surface area contributed by atoms with E-state index >= 15 is 0 Å². The van der Waals surface area contributed by atoms with Gasteiger partial charge in [0.15, 0.2) is 0 Å². The molecule has 0 aliphatic carbocycles. The molecule has 1 aromatic carbocycles. The van der Waals surface area contributed by atoms with Gasteiger partial charge in [-0.05, 0) is 42.9 Å². The van der Waals surface area contributed by atoms with Crippen LogP contribution in [-0.2, 0) is 15.9 Å². The van der Waals surface area contributed by atoms with E-state index < -0.39 is 15.8 Å². The smallest absolute Gasteiger partial charge is 0.207 e. The molecule has 0 spiro atoms. The van der Waals surface area contributed by atoms with Crippen LogP contribution >= 0.6 is 11.6 Å². The van der Waals surface area contributed by atoms with Crippen LogP contribution in [0.25, 0.3) is 0 Å². The highest BCUT2D eigenvalue weighted by molar-refractivity contribution is 7.89. The molecule has 1 aliphatic heterocycles. The van der Waals surface area contributed by atoms with E-state index in [1.807, 2.05) is 0 Å². The summed E-state index contributed by atoms with van der Waals surface area (Å²) in [6.07, 6.45) is 0.874. The number of hydrogen-bond acceptors (Lipinski definition) is 2. The normalized spacial score (nSPS) is 20.4. The molecule has 3 nitrogen and oxygen atoms in total. The van der Waals surface area contributed by atoms with Crippen molar-refractivity contribution in [2.24, 2.45) is 11.8 Å². The molecule has 1 aliphatic rings. The first-order valence-electron chi connectivity index (χ1n) is 7.12. The lowest BCUT2D eigenvalue weighted by molar-refractivity contribution is 0.388. The fourth-order valence-electron chi connectivity index (χ4n) is 2.72. The maximum absolute atomic E-state index is 13.8. The maximum atomic E-state index is 13.8. The zero-order valence-corrected chi connectivity index (χ0v) is 14.1. The van der Waals surface area contributed by atoms with E-state index in [1.54, 1.807) is 6.92 Å². The van der Waals surface area contributed by atoms with Gasteiger partial charge in [-0.1, -0.05) is 13.8 Å². The number of alkyl halides is 1. The first kappa shape index (κ1) is 16.7. The van der Waals surface area contributed by atoms with Gasteiger partial charge in [0.05, 0.1) is 10.8 Å². The molecule has 0 radical (unpaired) electrons. The van der Waals surface area contributed by atoms with E-state index in [9.17, 15) is 12.8 Å². The first-order chi connectivity index (χ1) is 9.77. The van der Waals surface area contributed by atoms with Gasteiger partial charge >= 0.3 is 0 Å². The second-order valence-corrected chi connectivity index (χ2v) is 8.21. The zero-order valence-electron chi connectivity index (χ0n) is 12.6. The predicted molar refractivity (Wildman–Crippen MR) is 82.4 cm³/mol. The summed E-state index contributed by atoms with van der Waals surface area (Å²) in [5.41, 5.74) is 0.543. The van der Waals surface area contributed by atoms with Crippen molar-refractivity contribution in [2.75, 3.05) is 13.1 Å². The van der Waals surface area contributed by atoms with Crippen LogP contribution in [0.4, 0.5) is 4.39 Å². The fourth-order valence-corrected chi connectivity index (χ4v) is 4.56. The Labute approximate surface area is 131 Å². The van der Waals surface area contributed by atoms with Gasteiger partial charge in [0.2, 0.25) is 10.0 Å². The number of halogens is 2. The Balaban J connectivity index is 2.35. The van der Waals surface area contributed by atoms with Crippen molar-refractivity contribution in [1.82, 2.24) is 4.31 Å². The van der Waals surface area contributed by atoms with Gasteiger partial charge in [0.1, 0.15) is 5.82 Å². The third kappa shape index (κ3) is 3.25. The summed E-state index contributed by atoms with van der Waals surface area (Å²) in [6.45, 7) is 6.83. The maximum Gasteiger partial charge on any atom is 0.243 e. The lowest BCUT2D eigenvalue weighted by Gasteiger charge is -2.19. The Kier molecular flexibility index (Phi) is 4.96. The monoisotopic (exact) mass is 333 g/mol. The molecular weight excluding hydrogens is 313 g/mol. The average molecular weight is 334 g/mol. The van der Waals surface area contributed by atoms with E-state index in [-0.39, 0.29) is 16.3 Å². The fraction of sp³-hybridized carbons (Fsp3) is 0.600. The molecule has 1 aromatic rings. The van der Waals surface area contributed by atoms with Crippen LogP contribution in [0.3, 0.4) is 0 Å². The molecule has 1 fully saturated rings. The molecule has 1 unspecified atom stereocenters. The summed E-state index contributed by atoms with van der Waals surface area (Å²) in [5, 5.41) is 0. The Bertz CT molecular complexity index is 631. The number of aryl methyl sites for hydroxylation is 1. The summed E-state index contributed by atoms with van der Waals surface area (Å²) < 4.78 is 40.7. The molecule has 21 heavy (non-hydrogen) atoms. The first-order valence-corrected chi connectivity index (χ1v) is 9.10. The van der Waals surface area contributed by atoms with E-state index in [1.165, 1.54) is 16.4 Å². The number of benzene rings is 1. The van der Waals surface area contributed by atoms with Gasteiger partial charge in [-0.2, -0.15) is 4.31 Å². The summed E-state index contributed by atoms with van der Waals surface area (Å²) >= 11 is 5.70. The van der Waals surface area contributed by atoms with Crippen molar-refractivity contribution in [2.45, 2.75) is 38.0 Å². The topological polar surface area (TPSA) is 37.4 Å². The highest BCUT2D eigenvalue weighted by Gasteiger charge is 2.34. The summed E-state index contributed by atoms with van der Waals surface area (Å²) in [6, 6.07) is 2.75. The largest absolute Gasteiger partial charge is 0.243 e. The number of sulfonamides is 1. The third-order valence-corrected chi connectivity index (χ3v) is 6.35. The van der Waals surface area contributed by atoms with Crippen LogP contribution < -0.4 is 0 Å². The van der Waals surface area contributed by atoms with Crippen molar-refractivity contribution >= 4 is 21.6 Å². The predicted octanol–water partition coefficient (Wildman–Crippen LogP) is 3.54. The Morgan fingerprint density at radius 1 is 1.43 bits per heavy atom. The van der Waals surface area contributed by atoms with E-state index in [0.29, 0.717) is 30.5 Å². The molecule has 0 bridgehead atoms. The van der Waals surface area contributed by atoms with Crippen molar-refractivity contribution in [1.29, 1.82) is 0 Å². The van der Waals surface area contributed by atoms with Gasteiger partial charge in [-0.3, -0.25) is 0 Å².